The monoisotopic (exact) mass is 262 g/mol. The summed E-state index contributed by atoms with van der Waals surface area (Å²) in [4.78, 5) is 12.3. The molecule has 1 aromatic rings. The van der Waals surface area contributed by atoms with Crippen molar-refractivity contribution in [3.8, 4) is 5.75 Å². The second-order valence-electron chi connectivity index (χ2n) is 5.22. The van der Waals surface area contributed by atoms with E-state index < -0.39 is 0 Å². The quantitative estimate of drug-likeness (QED) is 0.851. The van der Waals surface area contributed by atoms with Crippen molar-refractivity contribution < 1.29 is 9.53 Å². The van der Waals surface area contributed by atoms with Crippen molar-refractivity contribution in [1.29, 1.82) is 0 Å². The van der Waals surface area contributed by atoms with E-state index in [0.717, 1.165) is 37.0 Å². The molecule has 0 spiro atoms. The Morgan fingerprint density at radius 2 is 1.95 bits per heavy atom. The SMILES string of the molecule is COc1ccc(CNC(=O)C2(CN)CCCC2)cc1. The summed E-state index contributed by atoms with van der Waals surface area (Å²) in [5, 5.41) is 3.01. The molecule has 0 radical (unpaired) electrons. The predicted octanol–water partition coefficient (Wildman–Crippen LogP) is 1.83. The zero-order chi connectivity index (χ0) is 13.7. The van der Waals surface area contributed by atoms with E-state index in [1.54, 1.807) is 7.11 Å². The van der Waals surface area contributed by atoms with Crippen LogP contribution in [0.25, 0.3) is 0 Å². The van der Waals surface area contributed by atoms with Crippen molar-refractivity contribution in [2.24, 2.45) is 11.1 Å². The first kappa shape index (κ1) is 13.9. The highest BCUT2D eigenvalue weighted by Crippen LogP contribution is 2.37. The lowest BCUT2D eigenvalue weighted by Crippen LogP contribution is -2.43. The molecule has 1 saturated carbocycles. The normalized spacial score (nSPS) is 17.2. The molecular weight excluding hydrogens is 240 g/mol. The Labute approximate surface area is 114 Å². The predicted molar refractivity (Wildman–Crippen MR) is 74.8 cm³/mol. The van der Waals surface area contributed by atoms with Crippen LogP contribution in [0.2, 0.25) is 0 Å². The topological polar surface area (TPSA) is 64.3 Å². The lowest BCUT2D eigenvalue weighted by molar-refractivity contribution is -0.130. The third kappa shape index (κ3) is 3.07. The molecule has 1 aromatic carbocycles. The van der Waals surface area contributed by atoms with Gasteiger partial charge in [-0.15, -0.1) is 0 Å². The summed E-state index contributed by atoms with van der Waals surface area (Å²) >= 11 is 0. The summed E-state index contributed by atoms with van der Waals surface area (Å²) in [6.45, 7) is 0.992. The molecule has 3 N–H and O–H groups in total. The summed E-state index contributed by atoms with van der Waals surface area (Å²) in [5.74, 6) is 0.924. The number of hydrogen-bond acceptors (Lipinski definition) is 3. The van der Waals surface area contributed by atoms with Gasteiger partial charge in [0.05, 0.1) is 12.5 Å². The Bertz CT molecular complexity index is 422. The minimum Gasteiger partial charge on any atom is -0.497 e. The highest BCUT2D eigenvalue weighted by molar-refractivity contribution is 5.83. The van der Waals surface area contributed by atoms with Crippen LogP contribution in [0, 0.1) is 5.41 Å². The van der Waals surface area contributed by atoms with E-state index in [1.165, 1.54) is 0 Å². The number of benzene rings is 1. The Balaban J connectivity index is 1.92. The molecule has 0 saturated heterocycles. The van der Waals surface area contributed by atoms with Crippen LogP contribution >= 0.6 is 0 Å². The third-order valence-electron chi connectivity index (χ3n) is 4.05. The molecule has 0 aromatic heterocycles. The van der Waals surface area contributed by atoms with Crippen LogP contribution in [0.4, 0.5) is 0 Å². The number of carbonyl (C=O) groups excluding carboxylic acids is 1. The van der Waals surface area contributed by atoms with Gasteiger partial charge in [0, 0.05) is 13.1 Å². The van der Waals surface area contributed by atoms with E-state index in [-0.39, 0.29) is 11.3 Å². The molecule has 104 valence electrons. The number of carbonyl (C=O) groups is 1. The zero-order valence-corrected chi connectivity index (χ0v) is 11.4. The van der Waals surface area contributed by atoms with Gasteiger partial charge < -0.3 is 15.8 Å². The minimum absolute atomic E-state index is 0.100. The zero-order valence-electron chi connectivity index (χ0n) is 11.4. The van der Waals surface area contributed by atoms with Gasteiger partial charge in [-0.2, -0.15) is 0 Å². The smallest absolute Gasteiger partial charge is 0.227 e. The van der Waals surface area contributed by atoms with E-state index in [0.29, 0.717) is 13.1 Å². The molecule has 4 nitrogen and oxygen atoms in total. The van der Waals surface area contributed by atoms with E-state index in [2.05, 4.69) is 5.32 Å². The second-order valence-corrected chi connectivity index (χ2v) is 5.22. The first-order chi connectivity index (χ1) is 9.20. The summed E-state index contributed by atoms with van der Waals surface area (Å²) in [6, 6.07) is 7.72. The summed E-state index contributed by atoms with van der Waals surface area (Å²) < 4.78 is 5.11. The highest BCUT2D eigenvalue weighted by Gasteiger charge is 2.39. The molecule has 4 heteroatoms. The van der Waals surface area contributed by atoms with Crippen molar-refractivity contribution in [2.45, 2.75) is 32.2 Å². The number of methoxy groups -OCH3 is 1. The van der Waals surface area contributed by atoms with Crippen LogP contribution in [0.1, 0.15) is 31.2 Å². The maximum absolute atomic E-state index is 12.3. The first-order valence-corrected chi connectivity index (χ1v) is 6.81. The van der Waals surface area contributed by atoms with Gasteiger partial charge in [0.25, 0.3) is 0 Å². The van der Waals surface area contributed by atoms with Gasteiger partial charge in [-0.25, -0.2) is 0 Å². The molecule has 1 aliphatic rings. The van der Waals surface area contributed by atoms with Gasteiger partial charge in [0.1, 0.15) is 5.75 Å². The number of nitrogens with one attached hydrogen (secondary N) is 1. The molecule has 0 heterocycles. The van der Waals surface area contributed by atoms with Gasteiger partial charge in [-0.3, -0.25) is 4.79 Å². The molecule has 1 fully saturated rings. The van der Waals surface area contributed by atoms with E-state index in [4.69, 9.17) is 10.5 Å². The van der Waals surface area contributed by atoms with Crippen molar-refractivity contribution in [3.63, 3.8) is 0 Å². The van der Waals surface area contributed by atoms with Crippen LogP contribution in [0.5, 0.6) is 5.75 Å². The molecule has 19 heavy (non-hydrogen) atoms. The van der Waals surface area contributed by atoms with Gasteiger partial charge in [-0.1, -0.05) is 25.0 Å². The number of ether oxygens (including phenoxy) is 1. The molecule has 0 atom stereocenters. The van der Waals surface area contributed by atoms with Gasteiger partial charge in [0.15, 0.2) is 0 Å². The van der Waals surface area contributed by atoms with Crippen molar-refractivity contribution in [3.05, 3.63) is 29.8 Å². The van der Waals surface area contributed by atoms with Crippen LogP contribution in [-0.2, 0) is 11.3 Å². The number of rotatable bonds is 5. The fraction of sp³-hybridized carbons (Fsp3) is 0.533. The fourth-order valence-electron chi connectivity index (χ4n) is 2.69. The lowest BCUT2D eigenvalue weighted by Gasteiger charge is -2.25. The van der Waals surface area contributed by atoms with Crippen molar-refractivity contribution in [2.75, 3.05) is 13.7 Å². The van der Waals surface area contributed by atoms with E-state index >= 15 is 0 Å². The Kier molecular flexibility index (Phi) is 4.43. The van der Waals surface area contributed by atoms with Crippen LogP contribution in [0.15, 0.2) is 24.3 Å². The van der Waals surface area contributed by atoms with Crippen LogP contribution in [-0.4, -0.2) is 19.6 Å². The van der Waals surface area contributed by atoms with Crippen molar-refractivity contribution >= 4 is 5.91 Å². The summed E-state index contributed by atoms with van der Waals surface area (Å²) in [7, 11) is 1.64. The molecule has 1 aliphatic carbocycles. The van der Waals surface area contributed by atoms with Gasteiger partial charge in [-0.05, 0) is 30.5 Å². The fourth-order valence-corrected chi connectivity index (χ4v) is 2.69. The maximum atomic E-state index is 12.3. The molecule has 0 aliphatic heterocycles. The highest BCUT2D eigenvalue weighted by atomic mass is 16.5. The Morgan fingerprint density at radius 1 is 1.32 bits per heavy atom. The Morgan fingerprint density at radius 3 is 2.47 bits per heavy atom. The lowest BCUT2D eigenvalue weighted by atomic mass is 9.85. The van der Waals surface area contributed by atoms with Gasteiger partial charge in [0.2, 0.25) is 5.91 Å². The largest absolute Gasteiger partial charge is 0.497 e. The summed E-state index contributed by atoms with van der Waals surface area (Å²) in [5.41, 5.74) is 6.54. The Hall–Kier alpha value is -1.55. The molecule has 0 bridgehead atoms. The molecule has 1 amide bonds. The second kappa shape index (κ2) is 6.06. The van der Waals surface area contributed by atoms with E-state index in [1.807, 2.05) is 24.3 Å². The third-order valence-corrected chi connectivity index (χ3v) is 4.05. The van der Waals surface area contributed by atoms with Crippen LogP contribution in [0.3, 0.4) is 0 Å². The number of amides is 1. The number of hydrogen-bond donors (Lipinski definition) is 2. The first-order valence-electron chi connectivity index (χ1n) is 6.81. The average Bonchev–Trinajstić information content (AvgIpc) is 2.95. The number of nitrogens with two attached hydrogens (primary N) is 1. The molecular formula is C15H22N2O2. The average molecular weight is 262 g/mol. The minimum atomic E-state index is -0.327. The van der Waals surface area contributed by atoms with Crippen LogP contribution < -0.4 is 15.8 Å². The summed E-state index contributed by atoms with van der Waals surface area (Å²) in [6.07, 6.45) is 4.04. The maximum Gasteiger partial charge on any atom is 0.227 e. The molecule has 0 unspecified atom stereocenters. The molecule has 2 rings (SSSR count). The van der Waals surface area contributed by atoms with E-state index in [9.17, 15) is 4.79 Å². The van der Waals surface area contributed by atoms with Gasteiger partial charge >= 0.3 is 0 Å². The van der Waals surface area contributed by atoms with Crippen molar-refractivity contribution in [1.82, 2.24) is 5.32 Å². The standard InChI is InChI=1S/C15H22N2O2/c1-19-13-6-4-12(5-7-13)10-17-14(18)15(11-16)8-2-3-9-15/h4-7H,2-3,8-11,16H2,1H3,(H,17,18).